The maximum Gasteiger partial charge on any atom is 0.0831 e. The van der Waals surface area contributed by atoms with E-state index in [1.807, 2.05) is 7.11 Å². The maximum atomic E-state index is 6.05. The van der Waals surface area contributed by atoms with E-state index in [0.717, 1.165) is 18.4 Å². The fourth-order valence-electron chi connectivity index (χ4n) is 3.44. The quantitative estimate of drug-likeness (QED) is 0.746. The van der Waals surface area contributed by atoms with E-state index in [2.05, 4.69) is 19.2 Å². The first kappa shape index (κ1) is 14.3. The van der Waals surface area contributed by atoms with Crippen molar-refractivity contribution in [2.45, 2.75) is 76.9 Å². The lowest BCUT2D eigenvalue weighted by Crippen LogP contribution is -2.54. The molecule has 0 aliphatic heterocycles. The van der Waals surface area contributed by atoms with E-state index in [1.165, 1.54) is 51.4 Å². The van der Waals surface area contributed by atoms with Crippen LogP contribution >= 0.6 is 0 Å². The Labute approximate surface area is 113 Å². The molecule has 1 atom stereocenters. The van der Waals surface area contributed by atoms with E-state index in [9.17, 15) is 0 Å². The molecule has 0 aromatic carbocycles. The van der Waals surface area contributed by atoms with Crippen LogP contribution in [0.5, 0.6) is 0 Å². The molecule has 0 spiro atoms. The first-order valence-corrected chi connectivity index (χ1v) is 7.98. The highest BCUT2D eigenvalue weighted by Crippen LogP contribution is 2.42. The normalized spacial score (nSPS) is 34.5. The second kappa shape index (κ2) is 6.38. The molecule has 0 heterocycles. The third-order valence-electron chi connectivity index (χ3n) is 5.07. The molecule has 2 nitrogen and oxygen atoms in total. The van der Waals surface area contributed by atoms with Crippen molar-refractivity contribution in [3.05, 3.63) is 0 Å². The average molecular weight is 253 g/mol. The molecule has 0 aromatic rings. The Morgan fingerprint density at radius 3 is 2.39 bits per heavy atom. The summed E-state index contributed by atoms with van der Waals surface area (Å²) in [5.41, 5.74) is 0.129. The summed E-state index contributed by atoms with van der Waals surface area (Å²) >= 11 is 0. The van der Waals surface area contributed by atoms with Gasteiger partial charge in [-0.15, -0.1) is 0 Å². The summed E-state index contributed by atoms with van der Waals surface area (Å²) in [5.74, 6) is 1.87. The summed E-state index contributed by atoms with van der Waals surface area (Å²) in [6, 6.07) is 0.586. The first-order valence-electron chi connectivity index (χ1n) is 7.98. The number of rotatable bonds is 7. The summed E-state index contributed by atoms with van der Waals surface area (Å²) in [7, 11) is 1.93. The molecule has 0 aromatic heterocycles. The minimum atomic E-state index is 0.129. The molecule has 2 aliphatic rings. The maximum absolute atomic E-state index is 6.05. The fraction of sp³-hybridized carbons (Fsp3) is 1.00. The Morgan fingerprint density at radius 1 is 1.22 bits per heavy atom. The zero-order valence-corrected chi connectivity index (χ0v) is 12.5. The Bertz CT molecular complexity index is 241. The summed E-state index contributed by atoms with van der Waals surface area (Å²) in [6.07, 6.45) is 10.6. The summed E-state index contributed by atoms with van der Waals surface area (Å²) in [5, 5.41) is 3.79. The van der Waals surface area contributed by atoms with Gasteiger partial charge in [-0.05, 0) is 56.9 Å². The van der Waals surface area contributed by atoms with Gasteiger partial charge in [0.15, 0.2) is 0 Å². The summed E-state index contributed by atoms with van der Waals surface area (Å²) in [6.45, 7) is 5.77. The molecule has 18 heavy (non-hydrogen) atoms. The minimum Gasteiger partial charge on any atom is -0.377 e. The van der Waals surface area contributed by atoms with Crippen LogP contribution < -0.4 is 5.32 Å². The zero-order valence-electron chi connectivity index (χ0n) is 12.5. The molecule has 2 aliphatic carbocycles. The molecule has 1 N–H and O–H groups in total. The van der Waals surface area contributed by atoms with Crippen LogP contribution in [0.1, 0.15) is 65.2 Å². The SMILES string of the molecule is CCCNC(CC1CC1)C1(OC)CCC(C)CC1. The van der Waals surface area contributed by atoms with Gasteiger partial charge >= 0.3 is 0 Å². The predicted molar refractivity (Wildman–Crippen MR) is 76.8 cm³/mol. The van der Waals surface area contributed by atoms with Crippen LogP contribution in [0.3, 0.4) is 0 Å². The molecule has 2 rings (SSSR count). The smallest absolute Gasteiger partial charge is 0.0831 e. The number of nitrogens with one attached hydrogen (secondary N) is 1. The van der Waals surface area contributed by atoms with Gasteiger partial charge in [0.2, 0.25) is 0 Å². The van der Waals surface area contributed by atoms with Crippen molar-refractivity contribution >= 4 is 0 Å². The van der Waals surface area contributed by atoms with E-state index in [-0.39, 0.29) is 5.60 Å². The van der Waals surface area contributed by atoms with Crippen molar-refractivity contribution in [2.75, 3.05) is 13.7 Å². The van der Waals surface area contributed by atoms with Gasteiger partial charge in [-0.2, -0.15) is 0 Å². The molecular weight excluding hydrogens is 222 g/mol. The van der Waals surface area contributed by atoms with Crippen molar-refractivity contribution in [3.63, 3.8) is 0 Å². The van der Waals surface area contributed by atoms with Crippen molar-refractivity contribution < 1.29 is 4.74 Å². The van der Waals surface area contributed by atoms with E-state index < -0.39 is 0 Å². The Hall–Kier alpha value is -0.0800. The van der Waals surface area contributed by atoms with E-state index >= 15 is 0 Å². The van der Waals surface area contributed by atoms with Crippen molar-refractivity contribution in [2.24, 2.45) is 11.8 Å². The van der Waals surface area contributed by atoms with Crippen molar-refractivity contribution in [3.8, 4) is 0 Å². The Kier molecular flexibility index (Phi) is 5.08. The lowest BCUT2D eigenvalue weighted by atomic mass is 9.74. The molecule has 0 saturated heterocycles. The monoisotopic (exact) mass is 253 g/mol. The van der Waals surface area contributed by atoms with Crippen molar-refractivity contribution in [1.82, 2.24) is 5.32 Å². The van der Waals surface area contributed by atoms with Crippen LogP contribution in [0, 0.1) is 11.8 Å². The van der Waals surface area contributed by atoms with Crippen LogP contribution in [-0.2, 0) is 4.74 Å². The van der Waals surface area contributed by atoms with Gasteiger partial charge < -0.3 is 10.1 Å². The number of methoxy groups -OCH3 is 1. The zero-order chi connectivity index (χ0) is 13.0. The minimum absolute atomic E-state index is 0.129. The standard InChI is InChI=1S/C16H31NO/c1-4-11-17-15(12-14-5-6-14)16(18-3)9-7-13(2)8-10-16/h13-15,17H,4-12H2,1-3H3. The van der Waals surface area contributed by atoms with Crippen LogP contribution in [0.25, 0.3) is 0 Å². The molecule has 0 bridgehead atoms. The van der Waals surface area contributed by atoms with Crippen LogP contribution in [0.15, 0.2) is 0 Å². The lowest BCUT2D eigenvalue weighted by Gasteiger charge is -2.44. The highest BCUT2D eigenvalue weighted by atomic mass is 16.5. The van der Waals surface area contributed by atoms with Gasteiger partial charge in [0.25, 0.3) is 0 Å². The van der Waals surface area contributed by atoms with Crippen LogP contribution in [0.4, 0.5) is 0 Å². The second-order valence-electron chi connectivity index (χ2n) is 6.64. The Balaban J connectivity index is 1.99. The van der Waals surface area contributed by atoms with Gasteiger partial charge in [-0.25, -0.2) is 0 Å². The highest BCUT2D eigenvalue weighted by Gasteiger charge is 2.43. The predicted octanol–water partition coefficient (Wildman–Crippen LogP) is 3.75. The molecule has 0 radical (unpaired) electrons. The topological polar surface area (TPSA) is 21.3 Å². The van der Waals surface area contributed by atoms with Gasteiger partial charge in [0.05, 0.1) is 5.60 Å². The molecule has 2 saturated carbocycles. The van der Waals surface area contributed by atoms with Gasteiger partial charge in [0, 0.05) is 13.2 Å². The lowest BCUT2D eigenvalue weighted by molar-refractivity contribution is -0.0775. The molecular formula is C16H31NO. The Morgan fingerprint density at radius 2 is 1.89 bits per heavy atom. The number of hydrogen-bond acceptors (Lipinski definition) is 2. The number of ether oxygens (including phenoxy) is 1. The molecule has 106 valence electrons. The average Bonchev–Trinajstić information content (AvgIpc) is 3.20. The van der Waals surface area contributed by atoms with Gasteiger partial charge in [-0.3, -0.25) is 0 Å². The van der Waals surface area contributed by atoms with E-state index in [0.29, 0.717) is 6.04 Å². The third kappa shape index (κ3) is 3.48. The second-order valence-corrected chi connectivity index (χ2v) is 6.64. The van der Waals surface area contributed by atoms with Gasteiger partial charge in [-0.1, -0.05) is 26.7 Å². The van der Waals surface area contributed by atoms with Crippen molar-refractivity contribution in [1.29, 1.82) is 0 Å². The number of hydrogen-bond donors (Lipinski definition) is 1. The van der Waals surface area contributed by atoms with Gasteiger partial charge in [0.1, 0.15) is 0 Å². The third-order valence-corrected chi connectivity index (χ3v) is 5.07. The largest absolute Gasteiger partial charge is 0.377 e. The molecule has 0 amide bonds. The van der Waals surface area contributed by atoms with Crippen LogP contribution in [0.2, 0.25) is 0 Å². The fourth-order valence-corrected chi connectivity index (χ4v) is 3.44. The molecule has 2 fully saturated rings. The summed E-state index contributed by atoms with van der Waals surface area (Å²) < 4.78 is 6.05. The van der Waals surface area contributed by atoms with Crippen LogP contribution in [-0.4, -0.2) is 25.3 Å². The van der Waals surface area contributed by atoms with E-state index in [4.69, 9.17) is 4.74 Å². The first-order chi connectivity index (χ1) is 8.70. The molecule has 2 heteroatoms. The molecule has 1 unspecified atom stereocenters. The summed E-state index contributed by atoms with van der Waals surface area (Å²) in [4.78, 5) is 0. The van der Waals surface area contributed by atoms with E-state index in [1.54, 1.807) is 0 Å². The highest BCUT2D eigenvalue weighted by molar-refractivity contribution is 4.98.